The number of carbonyl (C=O) groups excluding carboxylic acids is 8. The Bertz CT molecular complexity index is 3840. The van der Waals surface area contributed by atoms with Crippen LogP contribution in [0.15, 0.2) is 146 Å². The van der Waals surface area contributed by atoms with Gasteiger partial charge >= 0.3 is 47.8 Å². The van der Waals surface area contributed by atoms with Gasteiger partial charge in [-0.25, -0.2) is 33.6 Å². The fourth-order valence-electron chi connectivity index (χ4n) is 11.4. The van der Waals surface area contributed by atoms with Crippen LogP contribution in [0.2, 0.25) is 0 Å². The second-order valence-corrected chi connectivity index (χ2v) is 32.2. The van der Waals surface area contributed by atoms with Gasteiger partial charge in [0, 0.05) is 6.42 Å². The van der Waals surface area contributed by atoms with Gasteiger partial charge in [0.25, 0.3) is 0 Å². The summed E-state index contributed by atoms with van der Waals surface area (Å²) < 4.78 is 58.0. The molecule has 634 valence electrons. The summed E-state index contributed by atoms with van der Waals surface area (Å²) in [6.45, 7) is 43.3. The fourth-order valence-corrected chi connectivity index (χ4v) is 11.4. The lowest BCUT2D eigenvalue weighted by Gasteiger charge is -2.23. The molecule has 19 nitrogen and oxygen atoms in total. The normalized spacial score (nSPS) is 13.6. The molecule has 0 N–H and O–H groups in total. The van der Waals surface area contributed by atoms with E-state index < -0.39 is 47.0 Å². The summed E-state index contributed by atoms with van der Waals surface area (Å²) in [5, 5.41) is 0. The van der Waals surface area contributed by atoms with Crippen LogP contribution in [0.3, 0.4) is 0 Å². The minimum Gasteiger partial charge on any atom is -0.491 e. The molecule has 19 heteroatoms. The Balaban J connectivity index is 0.000000377. The van der Waals surface area contributed by atoms with Crippen LogP contribution in [0.4, 0.5) is 0 Å². The Hall–Kier alpha value is -9.36. The maximum atomic E-state index is 12.3. The fraction of sp³-hybridized carbons (Fsp3) is 0.542. The van der Waals surface area contributed by atoms with Gasteiger partial charge in [0.1, 0.15) is 34.9 Å². The first-order valence-corrected chi connectivity index (χ1v) is 41.4. The van der Waals surface area contributed by atoms with Gasteiger partial charge in [-0.3, -0.25) is 4.79 Å². The van der Waals surface area contributed by atoms with Crippen molar-refractivity contribution in [2.45, 2.75) is 300 Å². The number of carbonyl (C=O) groups is 8. The first kappa shape index (κ1) is 99.8. The zero-order chi connectivity index (χ0) is 85.8. The largest absolute Gasteiger partial charge is 0.491 e. The van der Waals surface area contributed by atoms with Crippen LogP contribution in [0.25, 0.3) is 0 Å². The molecule has 1 aliphatic carbocycles. The van der Waals surface area contributed by atoms with Crippen LogP contribution in [-0.4, -0.2) is 117 Å². The molecular formula is C96H136O19. The van der Waals surface area contributed by atoms with Crippen molar-refractivity contribution >= 4 is 47.8 Å². The molecule has 6 atom stereocenters. The van der Waals surface area contributed by atoms with Gasteiger partial charge in [-0.1, -0.05) is 174 Å². The SMILES string of the molecule is CCC(C)c1ccc(C(=O)OC(C)OCCOc2ccc(C3CCCCC3)cc2)cc1.CCC(C)c1ccc(C(=O)OCC(=O)OC(C)(C)C)cc1.CCC(C)c1ccc(C(=O)OCCCC(=O)OC(C)C)cc1.CCC(C)c1cccc(C(=O)OCC(=O)OC(C)(C)CC)c1.CCC(C)c1ccccc1OCC(=O)OC(C)(C)C. The van der Waals surface area contributed by atoms with Crippen LogP contribution < -0.4 is 9.47 Å². The third kappa shape index (κ3) is 40.7. The molecule has 0 amide bonds. The van der Waals surface area contributed by atoms with E-state index >= 15 is 0 Å². The molecular weight excluding hydrogens is 1460 g/mol. The van der Waals surface area contributed by atoms with Crippen LogP contribution in [0, 0.1) is 0 Å². The van der Waals surface area contributed by atoms with Gasteiger partial charge in [0.05, 0.1) is 41.6 Å². The van der Waals surface area contributed by atoms with E-state index in [1.165, 1.54) is 54.4 Å². The van der Waals surface area contributed by atoms with Gasteiger partial charge in [0.15, 0.2) is 19.8 Å². The van der Waals surface area contributed by atoms with Gasteiger partial charge in [0.2, 0.25) is 6.29 Å². The first-order valence-electron chi connectivity index (χ1n) is 41.4. The van der Waals surface area contributed by atoms with E-state index in [2.05, 4.69) is 81.4 Å². The lowest BCUT2D eigenvalue weighted by atomic mass is 9.84. The van der Waals surface area contributed by atoms with Gasteiger partial charge in [-0.2, -0.15) is 0 Å². The number of hydrogen-bond donors (Lipinski definition) is 0. The number of esters is 8. The summed E-state index contributed by atoms with van der Waals surface area (Å²) in [6, 6.07) is 46.0. The third-order valence-electron chi connectivity index (χ3n) is 19.5. The highest BCUT2D eigenvalue weighted by molar-refractivity contribution is 5.92. The number of ether oxygens (including phenoxy) is 11. The quantitative estimate of drug-likeness (QED) is 0.0155. The van der Waals surface area contributed by atoms with Crippen molar-refractivity contribution in [3.05, 3.63) is 201 Å². The van der Waals surface area contributed by atoms with Crippen LogP contribution in [0.1, 0.15) is 346 Å². The predicted octanol–water partition coefficient (Wildman–Crippen LogP) is 22.6. The number of para-hydroxylation sites is 1. The number of hydrogen-bond acceptors (Lipinski definition) is 19. The second kappa shape index (κ2) is 52.3. The van der Waals surface area contributed by atoms with E-state index in [0.29, 0.717) is 83.8 Å². The first-order chi connectivity index (χ1) is 54.3. The zero-order valence-corrected chi connectivity index (χ0v) is 73.2. The van der Waals surface area contributed by atoms with Crippen molar-refractivity contribution in [2.75, 3.05) is 39.6 Å². The summed E-state index contributed by atoms with van der Waals surface area (Å²) in [4.78, 5) is 94.1. The summed E-state index contributed by atoms with van der Waals surface area (Å²) in [7, 11) is 0. The van der Waals surface area contributed by atoms with Crippen LogP contribution in [-0.2, 0) is 61.8 Å². The predicted molar refractivity (Wildman–Crippen MR) is 453 cm³/mol. The standard InChI is InChI=1S/C27H36O4.2C18H26O4.C17H24O4.C16H24O3/c1-4-20(2)22-10-12-25(13-11-22)27(28)31-21(3)29-18-19-30-26-16-14-24(15-17-26)23-8-6-5-7-9-23;1-6-13(3)14-9-8-10-15(11-14)17(20)21-12-16(19)22-18(4,5)7-2;1-5-14(4)15-8-10-16(11-9-15)18(20)21-12-6-7-17(19)22-13(2)3;1-6-12(2)13-7-9-14(10-8-13)16(19)20-11-15(18)21-17(3,4)5;1-6-12(2)13-9-7-8-10-14(13)18-11-15(17)19-16(3,4)5/h10-17,20-21,23H,4-9,18-19H2,1-3H3;8-11,13H,6-7,12H2,1-5H3;8-11,13-14H,5-7,12H2,1-4H3;7-10,12H,6,11H2,1-5H3;7-10,12H,6,11H2,1-5H3. The Morgan fingerprint density at radius 2 is 0.835 bits per heavy atom. The van der Waals surface area contributed by atoms with Crippen molar-refractivity contribution in [1.82, 2.24) is 0 Å². The topological polar surface area (TPSA) is 238 Å². The number of benzene rings is 6. The molecule has 0 heterocycles. The highest BCUT2D eigenvalue weighted by atomic mass is 16.7. The molecule has 0 bridgehead atoms. The van der Waals surface area contributed by atoms with Gasteiger partial charge in [-0.05, 0) is 270 Å². The highest BCUT2D eigenvalue weighted by Gasteiger charge is 2.25. The average Bonchev–Trinajstić information content (AvgIpc) is 0.887. The van der Waals surface area contributed by atoms with Crippen molar-refractivity contribution in [1.29, 1.82) is 0 Å². The van der Waals surface area contributed by atoms with E-state index in [1.54, 1.807) is 71.9 Å². The van der Waals surface area contributed by atoms with Gasteiger partial charge < -0.3 is 52.1 Å². The smallest absolute Gasteiger partial charge is 0.344 e. The van der Waals surface area contributed by atoms with E-state index in [0.717, 1.165) is 54.7 Å². The molecule has 0 radical (unpaired) electrons. The van der Waals surface area contributed by atoms with E-state index in [1.807, 2.05) is 145 Å². The summed E-state index contributed by atoms with van der Waals surface area (Å²) in [5.41, 5.74) is 7.64. The van der Waals surface area contributed by atoms with E-state index in [4.69, 9.17) is 52.1 Å². The highest BCUT2D eigenvalue weighted by Crippen LogP contribution is 2.34. The van der Waals surface area contributed by atoms with E-state index in [9.17, 15) is 38.4 Å². The molecule has 0 aromatic heterocycles. The van der Waals surface area contributed by atoms with Crippen molar-refractivity contribution < 1.29 is 90.5 Å². The molecule has 0 spiro atoms. The monoisotopic (exact) mass is 1590 g/mol. The molecule has 6 aromatic carbocycles. The Morgan fingerprint density at radius 3 is 1.30 bits per heavy atom. The summed E-state index contributed by atoms with van der Waals surface area (Å²) >= 11 is 0. The average molecular weight is 1590 g/mol. The maximum absolute atomic E-state index is 12.3. The second-order valence-electron chi connectivity index (χ2n) is 32.2. The molecule has 6 unspecified atom stereocenters. The third-order valence-corrected chi connectivity index (χ3v) is 19.5. The van der Waals surface area contributed by atoms with Gasteiger partial charge in [-0.15, -0.1) is 0 Å². The van der Waals surface area contributed by atoms with Crippen LogP contribution in [0.5, 0.6) is 11.5 Å². The summed E-state index contributed by atoms with van der Waals surface area (Å²) in [5.74, 6) is 1.09. The Labute approximate surface area is 687 Å². The van der Waals surface area contributed by atoms with Crippen molar-refractivity contribution in [3.63, 3.8) is 0 Å². The minimum atomic E-state index is -0.626. The molecule has 1 aliphatic rings. The Kier molecular flexibility index (Phi) is 45.4. The summed E-state index contributed by atoms with van der Waals surface area (Å²) in [6.07, 6.45) is 12.6. The molecule has 1 saturated carbocycles. The lowest BCUT2D eigenvalue weighted by Crippen LogP contribution is -2.29. The maximum Gasteiger partial charge on any atom is 0.344 e. The molecule has 0 saturated heterocycles. The van der Waals surface area contributed by atoms with Crippen molar-refractivity contribution in [2.24, 2.45) is 0 Å². The molecule has 1 fully saturated rings. The Morgan fingerprint density at radius 1 is 0.391 bits per heavy atom. The lowest BCUT2D eigenvalue weighted by molar-refractivity contribution is -0.160. The van der Waals surface area contributed by atoms with E-state index in [-0.39, 0.29) is 62.8 Å². The zero-order valence-electron chi connectivity index (χ0n) is 73.2. The molecule has 7 rings (SSSR count). The molecule has 0 aliphatic heterocycles. The molecule has 6 aromatic rings. The van der Waals surface area contributed by atoms with Crippen molar-refractivity contribution in [3.8, 4) is 11.5 Å². The molecule has 115 heavy (non-hydrogen) atoms. The number of rotatable bonds is 35. The van der Waals surface area contributed by atoms with Crippen LogP contribution >= 0.6 is 0 Å². The minimum absolute atomic E-state index is 0.0509.